The van der Waals surface area contributed by atoms with E-state index in [1.807, 2.05) is 12.1 Å². The van der Waals surface area contributed by atoms with E-state index < -0.39 is 0 Å². The first-order valence-corrected chi connectivity index (χ1v) is 6.49. The van der Waals surface area contributed by atoms with Crippen LogP contribution in [0.1, 0.15) is 37.3 Å². The quantitative estimate of drug-likeness (QED) is 0.637. The van der Waals surface area contributed by atoms with Crippen molar-refractivity contribution in [3.8, 4) is 0 Å². The lowest BCUT2D eigenvalue weighted by atomic mass is 9.83. The zero-order valence-electron chi connectivity index (χ0n) is 11.1. The van der Waals surface area contributed by atoms with Crippen molar-refractivity contribution in [2.75, 3.05) is 14.1 Å². The van der Waals surface area contributed by atoms with Crippen LogP contribution in [0.4, 0.5) is 4.39 Å². The first-order valence-electron chi connectivity index (χ1n) is 6.49. The fourth-order valence-electron chi connectivity index (χ4n) is 3.20. The fourth-order valence-corrected chi connectivity index (χ4v) is 3.20. The van der Waals surface area contributed by atoms with Crippen LogP contribution < -0.4 is 11.3 Å². The molecule has 0 amide bonds. The first kappa shape index (κ1) is 13.5. The van der Waals surface area contributed by atoms with E-state index in [9.17, 15) is 4.39 Å². The van der Waals surface area contributed by atoms with Gasteiger partial charge >= 0.3 is 0 Å². The van der Waals surface area contributed by atoms with Crippen LogP contribution in [0.2, 0.25) is 0 Å². The highest BCUT2D eigenvalue weighted by Crippen LogP contribution is 2.42. The van der Waals surface area contributed by atoms with Crippen molar-refractivity contribution in [1.82, 2.24) is 10.3 Å². The lowest BCUT2D eigenvalue weighted by molar-refractivity contribution is 0.105. The van der Waals surface area contributed by atoms with E-state index in [2.05, 4.69) is 24.4 Å². The molecule has 1 aromatic rings. The van der Waals surface area contributed by atoms with Crippen LogP contribution in [0.3, 0.4) is 0 Å². The van der Waals surface area contributed by atoms with Crippen molar-refractivity contribution in [2.24, 2.45) is 5.84 Å². The highest BCUT2D eigenvalue weighted by atomic mass is 19.1. The van der Waals surface area contributed by atoms with Gasteiger partial charge < -0.3 is 4.90 Å². The van der Waals surface area contributed by atoms with E-state index in [1.54, 1.807) is 0 Å². The van der Waals surface area contributed by atoms with Crippen LogP contribution in [0.15, 0.2) is 24.3 Å². The Balaban J connectivity index is 2.34. The van der Waals surface area contributed by atoms with E-state index in [1.165, 1.54) is 25.0 Å². The zero-order valence-corrected chi connectivity index (χ0v) is 11.1. The summed E-state index contributed by atoms with van der Waals surface area (Å²) in [5.74, 6) is 5.57. The minimum absolute atomic E-state index is 0.0343. The van der Waals surface area contributed by atoms with Gasteiger partial charge in [0.2, 0.25) is 0 Å². The van der Waals surface area contributed by atoms with Crippen molar-refractivity contribution < 1.29 is 4.39 Å². The van der Waals surface area contributed by atoms with Crippen LogP contribution >= 0.6 is 0 Å². The molecule has 18 heavy (non-hydrogen) atoms. The Bertz CT molecular complexity index is 383. The summed E-state index contributed by atoms with van der Waals surface area (Å²) < 4.78 is 13.0. The molecule has 1 aliphatic carbocycles. The molecule has 100 valence electrons. The predicted octanol–water partition coefficient (Wildman–Crippen LogP) is 2.20. The second-order valence-electron chi connectivity index (χ2n) is 5.36. The Kier molecular flexibility index (Phi) is 4.00. The highest BCUT2D eigenvalue weighted by Gasteiger charge is 2.43. The Morgan fingerprint density at radius 2 is 1.78 bits per heavy atom. The van der Waals surface area contributed by atoms with Crippen LogP contribution in [0.5, 0.6) is 0 Å². The standard InChI is InChI=1S/C14H22FN3/c1-18(2)14(9-3-4-10-14)13(17-16)11-5-7-12(15)8-6-11/h5-8,13,17H,3-4,9-10,16H2,1-2H3. The number of halogens is 1. The summed E-state index contributed by atoms with van der Waals surface area (Å²) in [4.78, 5) is 2.26. The van der Waals surface area contributed by atoms with Gasteiger partial charge in [-0.1, -0.05) is 25.0 Å². The van der Waals surface area contributed by atoms with E-state index in [-0.39, 0.29) is 17.4 Å². The van der Waals surface area contributed by atoms with Gasteiger partial charge in [0.1, 0.15) is 5.82 Å². The first-order chi connectivity index (χ1) is 8.60. The van der Waals surface area contributed by atoms with E-state index >= 15 is 0 Å². The molecule has 0 radical (unpaired) electrons. The number of rotatable bonds is 4. The molecule has 1 aliphatic rings. The zero-order chi connectivity index (χ0) is 13.2. The minimum Gasteiger partial charge on any atom is -0.302 e. The second kappa shape index (κ2) is 5.34. The van der Waals surface area contributed by atoms with E-state index in [4.69, 9.17) is 5.84 Å². The number of hydrogen-bond donors (Lipinski definition) is 2. The third-order valence-electron chi connectivity index (χ3n) is 4.27. The van der Waals surface area contributed by atoms with Gasteiger partial charge in [-0.05, 0) is 44.6 Å². The molecule has 3 N–H and O–H groups in total. The molecule has 2 rings (SSSR count). The monoisotopic (exact) mass is 251 g/mol. The Labute approximate surface area is 108 Å². The van der Waals surface area contributed by atoms with Crippen LogP contribution in [0.25, 0.3) is 0 Å². The summed E-state index contributed by atoms with van der Waals surface area (Å²) >= 11 is 0. The maximum absolute atomic E-state index is 13.0. The predicted molar refractivity (Wildman–Crippen MR) is 71.4 cm³/mol. The maximum atomic E-state index is 13.0. The second-order valence-corrected chi connectivity index (χ2v) is 5.36. The van der Waals surface area contributed by atoms with Gasteiger partial charge in [0, 0.05) is 5.54 Å². The molecule has 0 aliphatic heterocycles. The Hall–Kier alpha value is -0.970. The van der Waals surface area contributed by atoms with Crippen LogP contribution in [0, 0.1) is 5.82 Å². The number of hydrazine groups is 1. The molecule has 1 unspecified atom stereocenters. The molecule has 0 aromatic heterocycles. The summed E-state index contributed by atoms with van der Waals surface area (Å²) in [5, 5.41) is 0. The molecular weight excluding hydrogens is 229 g/mol. The molecule has 0 saturated heterocycles. The van der Waals surface area contributed by atoms with Gasteiger partial charge in [-0.3, -0.25) is 11.3 Å². The molecule has 1 saturated carbocycles. The van der Waals surface area contributed by atoms with Gasteiger partial charge in [0.25, 0.3) is 0 Å². The number of nitrogens with one attached hydrogen (secondary N) is 1. The van der Waals surface area contributed by atoms with Crippen molar-refractivity contribution in [2.45, 2.75) is 37.3 Å². The SMILES string of the molecule is CN(C)C1(C(NN)c2ccc(F)cc2)CCCC1. The molecular formula is C14H22FN3. The average molecular weight is 251 g/mol. The summed E-state index contributed by atoms with van der Waals surface area (Å²) in [5.41, 5.74) is 4.02. The lowest BCUT2D eigenvalue weighted by Crippen LogP contribution is -2.53. The largest absolute Gasteiger partial charge is 0.302 e. The van der Waals surface area contributed by atoms with Crippen molar-refractivity contribution in [3.63, 3.8) is 0 Å². The summed E-state index contributed by atoms with van der Waals surface area (Å²) in [6.07, 6.45) is 4.67. The number of nitrogens with zero attached hydrogens (tertiary/aromatic N) is 1. The highest BCUT2D eigenvalue weighted by molar-refractivity contribution is 5.24. The summed E-state index contributed by atoms with van der Waals surface area (Å²) in [6, 6.07) is 6.68. The van der Waals surface area contributed by atoms with E-state index in [0.717, 1.165) is 18.4 Å². The smallest absolute Gasteiger partial charge is 0.123 e. The number of hydrogen-bond acceptors (Lipinski definition) is 3. The third kappa shape index (κ3) is 2.28. The topological polar surface area (TPSA) is 41.3 Å². The molecule has 1 aromatic carbocycles. The molecule has 1 atom stereocenters. The van der Waals surface area contributed by atoms with Crippen molar-refractivity contribution in [3.05, 3.63) is 35.6 Å². The van der Waals surface area contributed by atoms with Crippen LogP contribution in [-0.2, 0) is 0 Å². The van der Waals surface area contributed by atoms with Gasteiger partial charge in [0.05, 0.1) is 6.04 Å². The molecule has 0 bridgehead atoms. The Morgan fingerprint density at radius 1 is 1.22 bits per heavy atom. The molecule has 3 nitrogen and oxygen atoms in total. The van der Waals surface area contributed by atoms with Gasteiger partial charge in [-0.25, -0.2) is 4.39 Å². The van der Waals surface area contributed by atoms with Gasteiger partial charge in [0.15, 0.2) is 0 Å². The number of likely N-dealkylation sites (N-methyl/N-ethyl adjacent to an activating group) is 1. The molecule has 0 spiro atoms. The van der Waals surface area contributed by atoms with Gasteiger partial charge in [-0.15, -0.1) is 0 Å². The lowest BCUT2D eigenvalue weighted by Gasteiger charge is -2.43. The average Bonchev–Trinajstić information content (AvgIpc) is 2.83. The van der Waals surface area contributed by atoms with E-state index in [0.29, 0.717) is 0 Å². The van der Waals surface area contributed by atoms with Crippen LogP contribution in [-0.4, -0.2) is 24.5 Å². The van der Waals surface area contributed by atoms with Crippen molar-refractivity contribution in [1.29, 1.82) is 0 Å². The molecule has 4 heteroatoms. The molecule has 1 fully saturated rings. The minimum atomic E-state index is -0.208. The number of benzene rings is 1. The molecule has 0 heterocycles. The van der Waals surface area contributed by atoms with Crippen molar-refractivity contribution >= 4 is 0 Å². The van der Waals surface area contributed by atoms with Gasteiger partial charge in [-0.2, -0.15) is 0 Å². The maximum Gasteiger partial charge on any atom is 0.123 e. The fraction of sp³-hybridized carbons (Fsp3) is 0.571. The number of nitrogens with two attached hydrogens (primary N) is 1. The normalized spacial score (nSPS) is 20.3. The Morgan fingerprint density at radius 3 is 2.22 bits per heavy atom. The summed E-state index contributed by atoms with van der Waals surface area (Å²) in [6.45, 7) is 0. The summed E-state index contributed by atoms with van der Waals surface area (Å²) in [7, 11) is 4.19. The third-order valence-corrected chi connectivity index (χ3v) is 4.27.